The second-order valence-electron chi connectivity index (χ2n) is 5.27. The summed E-state index contributed by atoms with van der Waals surface area (Å²) in [5.74, 6) is 0. The molecule has 3 aliphatic rings. The van der Waals surface area contributed by atoms with Crippen molar-refractivity contribution in [3.63, 3.8) is 0 Å². The Kier molecular flexibility index (Phi) is 2.50. The molecular weight excluding hydrogens is 172 g/mol. The molecule has 1 unspecified atom stereocenters. The second kappa shape index (κ2) is 3.82. The Bertz CT molecular complexity index is 200. The largest absolute Gasteiger partial charge is 0.298 e. The van der Waals surface area contributed by atoms with E-state index in [1.807, 2.05) is 0 Å². The van der Waals surface area contributed by atoms with Crippen LogP contribution in [0.2, 0.25) is 0 Å². The van der Waals surface area contributed by atoms with Gasteiger partial charge in [0.1, 0.15) is 0 Å². The maximum atomic E-state index is 2.77. The van der Waals surface area contributed by atoms with Gasteiger partial charge in [-0.3, -0.25) is 9.80 Å². The molecule has 3 rings (SSSR count). The highest BCUT2D eigenvalue weighted by atomic mass is 15.3. The summed E-state index contributed by atoms with van der Waals surface area (Å²) in [6.45, 7) is 5.45. The molecule has 14 heavy (non-hydrogen) atoms. The predicted molar refractivity (Wildman–Crippen MR) is 58.4 cm³/mol. The van der Waals surface area contributed by atoms with Gasteiger partial charge >= 0.3 is 0 Å². The molecule has 0 aromatic heterocycles. The zero-order chi connectivity index (χ0) is 9.38. The third-order valence-corrected chi connectivity index (χ3v) is 4.46. The average Bonchev–Trinajstić information content (AvgIpc) is 2.15. The summed E-state index contributed by atoms with van der Waals surface area (Å²) in [4.78, 5) is 5.51. The van der Waals surface area contributed by atoms with Crippen LogP contribution in [0.1, 0.15) is 38.5 Å². The molecule has 2 saturated heterocycles. The lowest BCUT2D eigenvalue weighted by Gasteiger charge is -2.48. The minimum Gasteiger partial charge on any atom is -0.298 e. The summed E-state index contributed by atoms with van der Waals surface area (Å²) in [5.41, 5.74) is 0. The molecule has 2 nitrogen and oxygen atoms in total. The Balaban J connectivity index is 1.59. The number of fused-ring (bicyclic) bond motifs is 1. The molecule has 0 aromatic carbocycles. The highest BCUT2D eigenvalue weighted by molar-refractivity contribution is 4.90. The van der Waals surface area contributed by atoms with Crippen molar-refractivity contribution in [3.8, 4) is 0 Å². The fourth-order valence-corrected chi connectivity index (χ4v) is 3.26. The first-order chi connectivity index (χ1) is 6.93. The lowest BCUT2D eigenvalue weighted by molar-refractivity contribution is 0.00780. The van der Waals surface area contributed by atoms with Crippen LogP contribution in [-0.4, -0.2) is 48.1 Å². The smallest absolute Gasteiger partial charge is 0.0223 e. The van der Waals surface area contributed by atoms with Crippen molar-refractivity contribution in [2.75, 3.05) is 26.2 Å². The standard InChI is InChI=1S/C12H22N2/c1-2-7-13-8-9-14(10-12(13)4-1)11-5-3-6-11/h11-12H,1-10H2. The summed E-state index contributed by atoms with van der Waals surface area (Å²) < 4.78 is 0. The highest BCUT2D eigenvalue weighted by Gasteiger charge is 2.33. The van der Waals surface area contributed by atoms with Gasteiger partial charge in [-0.1, -0.05) is 12.8 Å². The van der Waals surface area contributed by atoms with Crippen molar-refractivity contribution in [2.24, 2.45) is 0 Å². The van der Waals surface area contributed by atoms with Gasteiger partial charge in [0.25, 0.3) is 0 Å². The lowest BCUT2D eigenvalue weighted by Crippen LogP contribution is -2.58. The van der Waals surface area contributed by atoms with Gasteiger partial charge in [-0.05, 0) is 32.2 Å². The first-order valence-electron chi connectivity index (χ1n) is 6.41. The van der Waals surface area contributed by atoms with Crippen LogP contribution in [0.15, 0.2) is 0 Å². The molecule has 80 valence electrons. The van der Waals surface area contributed by atoms with Gasteiger partial charge in [0, 0.05) is 31.7 Å². The molecular formula is C12H22N2. The Labute approximate surface area is 87.3 Å². The number of hydrogen-bond donors (Lipinski definition) is 0. The van der Waals surface area contributed by atoms with E-state index in [0.717, 1.165) is 12.1 Å². The highest BCUT2D eigenvalue weighted by Crippen LogP contribution is 2.29. The van der Waals surface area contributed by atoms with Crippen LogP contribution in [0.5, 0.6) is 0 Å². The van der Waals surface area contributed by atoms with E-state index in [0.29, 0.717) is 0 Å². The minimum atomic E-state index is 0.915. The number of piperidine rings is 1. The van der Waals surface area contributed by atoms with Crippen LogP contribution in [0.3, 0.4) is 0 Å². The zero-order valence-corrected chi connectivity index (χ0v) is 9.12. The number of nitrogens with zero attached hydrogens (tertiary/aromatic N) is 2. The van der Waals surface area contributed by atoms with Crippen LogP contribution in [0, 0.1) is 0 Å². The second-order valence-corrected chi connectivity index (χ2v) is 5.27. The molecule has 1 aliphatic carbocycles. The topological polar surface area (TPSA) is 6.48 Å². The third-order valence-electron chi connectivity index (χ3n) is 4.46. The van der Waals surface area contributed by atoms with E-state index in [-0.39, 0.29) is 0 Å². The van der Waals surface area contributed by atoms with Gasteiger partial charge < -0.3 is 0 Å². The normalized spacial score (nSPS) is 36.4. The quantitative estimate of drug-likeness (QED) is 0.627. The van der Waals surface area contributed by atoms with Crippen LogP contribution >= 0.6 is 0 Å². The first kappa shape index (κ1) is 9.17. The number of piperazine rings is 1. The van der Waals surface area contributed by atoms with E-state index in [2.05, 4.69) is 9.80 Å². The molecule has 2 heterocycles. The summed E-state index contributed by atoms with van der Waals surface area (Å²) in [7, 11) is 0. The number of hydrogen-bond acceptors (Lipinski definition) is 2. The van der Waals surface area contributed by atoms with Gasteiger partial charge in [-0.2, -0.15) is 0 Å². The van der Waals surface area contributed by atoms with Crippen LogP contribution in [-0.2, 0) is 0 Å². The molecule has 0 amide bonds. The van der Waals surface area contributed by atoms with E-state index in [4.69, 9.17) is 0 Å². The summed E-state index contributed by atoms with van der Waals surface area (Å²) in [5, 5.41) is 0. The summed E-state index contributed by atoms with van der Waals surface area (Å²) >= 11 is 0. The van der Waals surface area contributed by atoms with Crippen molar-refractivity contribution in [1.82, 2.24) is 9.80 Å². The summed E-state index contributed by atoms with van der Waals surface area (Å²) in [6.07, 6.45) is 8.82. The van der Waals surface area contributed by atoms with Crippen LogP contribution in [0.4, 0.5) is 0 Å². The average molecular weight is 194 g/mol. The lowest BCUT2D eigenvalue weighted by atomic mass is 9.89. The van der Waals surface area contributed by atoms with Gasteiger partial charge in [-0.25, -0.2) is 0 Å². The van der Waals surface area contributed by atoms with Gasteiger partial charge in [0.05, 0.1) is 0 Å². The van der Waals surface area contributed by atoms with E-state index >= 15 is 0 Å². The molecule has 0 aromatic rings. The molecule has 0 spiro atoms. The van der Waals surface area contributed by atoms with Crippen LogP contribution < -0.4 is 0 Å². The van der Waals surface area contributed by atoms with Crippen molar-refractivity contribution >= 4 is 0 Å². The van der Waals surface area contributed by atoms with Gasteiger partial charge in [-0.15, -0.1) is 0 Å². The van der Waals surface area contributed by atoms with Gasteiger partial charge in [0.2, 0.25) is 0 Å². The van der Waals surface area contributed by atoms with Crippen molar-refractivity contribution in [1.29, 1.82) is 0 Å². The van der Waals surface area contributed by atoms with Crippen molar-refractivity contribution in [3.05, 3.63) is 0 Å². The molecule has 2 heteroatoms. The molecule has 2 aliphatic heterocycles. The molecule has 1 atom stereocenters. The molecule has 0 radical (unpaired) electrons. The molecule has 0 bridgehead atoms. The summed E-state index contributed by atoms with van der Waals surface area (Å²) in [6, 6.07) is 1.89. The molecule has 3 fully saturated rings. The van der Waals surface area contributed by atoms with Crippen LogP contribution in [0.25, 0.3) is 0 Å². The van der Waals surface area contributed by atoms with E-state index in [1.54, 1.807) is 0 Å². The van der Waals surface area contributed by atoms with E-state index in [9.17, 15) is 0 Å². The maximum absolute atomic E-state index is 2.77. The minimum absolute atomic E-state index is 0.915. The SMILES string of the molecule is C1CCN2CCN(C3CCC3)CC2C1. The third kappa shape index (κ3) is 1.59. The number of rotatable bonds is 1. The maximum Gasteiger partial charge on any atom is 0.0223 e. The Morgan fingerprint density at radius 2 is 1.43 bits per heavy atom. The van der Waals surface area contributed by atoms with Crippen molar-refractivity contribution in [2.45, 2.75) is 50.6 Å². The van der Waals surface area contributed by atoms with Crippen molar-refractivity contribution < 1.29 is 0 Å². The Morgan fingerprint density at radius 3 is 2.21 bits per heavy atom. The van der Waals surface area contributed by atoms with Gasteiger partial charge in [0.15, 0.2) is 0 Å². The monoisotopic (exact) mass is 194 g/mol. The fraction of sp³-hybridized carbons (Fsp3) is 1.00. The van der Waals surface area contributed by atoms with E-state index in [1.165, 1.54) is 64.7 Å². The first-order valence-corrected chi connectivity index (χ1v) is 6.41. The Hall–Kier alpha value is -0.0800. The molecule has 1 saturated carbocycles. The van der Waals surface area contributed by atoms with E-state index < -0.39 is 0 Å². The zero-order valence-electron chi connectivity index (χ0n) is 9.12. The Morgan fingerprint density at radius 1 is 0.643 bits per heavy atom. The fourth-order valence-electron chi connectivity index (χ4n) is 3.26. The predicted octanol–water partition coefficient (Wildman–Crippen LogP) is 1.71. The molecule has 0 N–H and O–H groups in total.